The minimum atomic E-state index is -3.71. The molecule has 0 N–H and O–H groups in total. The molecule has 1 rings (SSSR count). The van der Waals surface area contributed by atoms with Crippen molar-refractivity contribution in [3.8, 4) is 6.07 Å². The van der Waals surface area contributed by atoms with Gasteiger partial charge >= 0.3 is 7.82 Å². The van der Waals surface area contributed by atoms with E-state index in [1.165, 1.54) is 0 Å². The monoisotopic (exact) mass is 288 g/mol. The van der Waals surface area contributed by atoms with E-state index >= 15 is 0 Å². The maximum atomic E-state index is 12.2. The molecule has 0 radical (unpaired) electrons. The lowest BCUT2D eigenvalue weighted by Gasteiger charge is -2.18. The fourth-order valence-corrected chi connectivity index (χ4v) is 2.66. The summed E-state index contributed by atoms with van der Waals surface area (Å²) in [6.45, 7) is 7.45. The molecule has 1 fully saturated rings. The van der Waals surface area contributed by atoms with Crippen molar-refractivity contribution in [3.05, 3.63) is 11.4 Å². The summed E-state index contributed by atoms with van der Waals surface area (Å²) in [6.07, 6.45) is 1.80. The topological polar surface area (TPSA) is 82.1 Å². The van der Waals surface area contributed by atoms with Crippen molar-refractivity contribution in [2.75, 3.05) is 33.0 Å². The molecule has 2 unspecified atom stereocenters. The van der Waals surface area contributed by atoms with E-state index in [4.69, 9.17) is 30.1 Å². The summed E-state index contributed by atoms with van der Waals surface area (Å²) in [5, 5.41) is 8.42. The third kappa shape index (κ3) is 6.68. The predicted octanol–water partition coefficient (Wildman–Crippen LogP) is 2.16. The summed E-state index contributed by atoms with van der Waals surface area (Å²) in [6, 6.07) is 1.87. The standard InChI is InChI=1S/C11H17N2O5P/c1-13-6-9-17-19(14,16-8-3-5-12)18-10-11-4-2-7-15-11/h11H,2-4,6-10H2. The smallest absolute Gasteiger partial charge is 0.376 e. The highest BCUT2D eigenvalue weighted by atomic mass is 31.2. The van der Waals surface area contributed by atoms with Crippen molar-refractivity contribution in [2.45, 2.75) is 25.4 Å². The molecule has 19 heavy (non-hydrogen) atoms. The first-order chi connectivity index (χ1) is 9.20. The number of hydrogen-bond acceptors (Lipinski definition) is 6. The molecular weight excluding hydrogens is 271 g/mol. The molecule has 0 bridgehead atoms. The number of hydrogen-bond donors (Lipinski definition) is 0. The van der Waals surface area contributed by atoms with E-state index in [1.807, 2.05) is 6.07 Å². The van der Waals surface area contributed by atoms with Gasteiger partial charge in [-0.2, -0.15) is 5.26 Å². The van der Waals surface area contributed by atoms with Crippen molar-refractivity contribution in [2.24, 2.45) is 0 Å². The second-order valence-electron chi connectivity index (χ2n) is 3.83. The predicted molar refractivity (Wildman–Crippen MR) is 66.1 cm³/mol. The van der Waals surface area contributed by atoms with E-state index in [0.29, 0.717) is 6.61 Å². The molecule has 0 aromatic rings. The highest BCUT2D eigenvalue weighted by molar-refractivity contribution is 7.48. The van der Waals surface area contributed by atoms with Gasteiger partial charge in [0, 0.05) is 6.61 Å². The lowest BCUT2D eigenvalue weighted by molar-refractivity contribution is 0.0409. The quantitative estimate of drug-likeness (QED) is 0.367. The third-order valence-electron chi connectivity index (χ3n) is 2.36. The molecule has 1 heterocycles. The molecular formula is C11H17N2O5P. The second-order valence-corrected chi connectivity index (χ2v) is 5.50. The Morgan fingerprint density at radius 2 is 2.21 bits per heavy atom. The van der Waals surface area contributed by atoms with E-state index in [0.717, 1.165) is 12.8 Å². The van der Waals surface area contributed by atoms with Crippen molar-refractivity contribution in [1.29, 1.82) is 5.26 Å². The Morgan fingerprint density at radius 3 is 2.84 bits per heavy atom. The van der Waals surface area contributed by atoms with Gasteiger partial charge in [0.25, 0.3) is 0 Å². The summed E-state index contributed by atoms with van der Waals surface area (Å²) >= 11 is 0. The number of phosphoric acid groups is 1. The van der Waals surface area contributed by atoms with Gasteiger partial charge < -0.3 is 9.58 Å². The first-order valence-corrected chi connectivity index (χ1v) is 7.51. The van der Waals surface area contributed by atoms with Gasteiger partial charge in [-0.05, 0) is 12.8 Å². The number of nitriles is 1. The number of ether oxygens (including phenoxy) is 1. The van der Waals surface area contributed by atoms with Gasteiger partial charge in [-0.3, -0.25) is 13.6 Å². The average molecular weight is 288 g/mol. The van der Waals surface area contributed by atoms with Crippen LogP contribution in [0.5, 0.6) is 0 Å². The van der Waals surface area contributed by atoms with E-state index in [9.17, 15) is 4.57 Å². The van der Waals surface area contributed by atoms with Gasteiger partial charge in [-0.15, -0.1) is 0 Å². The van der Waals surface area contributed by atoms with Crippen molar-refractivity contribution in [1.82, 2.24) is 0 Å². The van der Waals surface area contributed by atoms with Crippen LogP contribution in [0, 0.1) is 17.9 Å². The Bertz CT molecular complexity index is 360. The van der Waals surface area contributed by atoms with Gasteiger partial charge in [0.05, 0.1) is 31.8 Å². The first-order valence-electron chi connectivity index (χ1n) is 6.05. The first kappa shape index (κ1) is 16.1. The molecule has 0 aromatic carbocycles. The van der Waals surface area contributed by atoms with Crippen LogP contribution in [0.15, 0.2) is 0 Å². The van der Waals surface area contributed by atoms with Crippen LogP contribution in [0.3, 0.4) is 0 Å². The van der Waals surface area contributed by atoms with Gasteiger partial charge in [-0.25, -0.2) is 11.1 Å². The highest BCUT2D eigenvalue weighted by Crippen LogP contribution is 2.49. The van der Waals surface area contributed by atoms with Crippen molar-refractivity contribution < 1.29 is 22.9 Å². The van der Waals surface area contributed by atoms with Crippen LogP contribution < -0.4 is 0 Å². The Morgan fingerprint density at radius 1 is 1.42 bits per heavy atom. The third-order valence-corrected chi connectivity index (χ3v) is 3.82. The average Bonchev–Trinajstić information content (AvgIpc) is 2.91. The van der Waals surface area contributed by atoms with Crippen LogP contribution in [0.4, 0.5) is 0 Å². The lowest BCUT2D eigenvalue weighted by atomic mass is 10.2. The van der Waals surface area contributed by atoms with E-state index in [-0.39, 0.29) is 38.9 Å². The molecule has 1 aliphatic heterocycles. The fourth-order valence-electron chi connectivity index (χ4n) is 1.46. The molecule has 0 amide bonds. The molecule has 106 valence electrons. The van der Waals surface area contributed by atoms with Crippen molar-refractivity contribution >= 4 is 7.82 Å². The maximum absolute atomic E-state index is 12.2. The molecule has 0 spiro atoms. The lowest BCUT2D eigenvalue weighted by Crippen LogP contribution is -2.15. The number of phosphoric ester groups is 1. The number of nitrogens with zero attached hydrogens (tertiary/aromatic N) is 2. The Hall–Kier alpha value is -0.950. The normalized spacial score (nSPS) is 21.5. The second kappa shape index (κ2) is 9.03. The minimum Gasteiger partial charge on any atom is -0.376 e. The Labute approximate surface area is 112 Å². The summed E-state index contributed by atoms with van der Waals surface area (Å²) in [5.41, 5.74) is 0. The largest absolute Gasteiger partial charge is 0.475 e. The summed E-state index contributed by atoms with van der Waals surface area (Å²) in [7, 11) is -3.71. The zero-order valence-electron chi connectivity index (χ0n) is 10.6. The van der Waals surface area contributed by atoms with Crippen LogP contribution in [-0.4, -0.2) is 39.1 Å². The summed E-state index contributed by atoms with van der Waals surface area (Å²) in [4.78, 5) is 3.09. The van der Waals surface area contributed by atoms with Crippen LogP contribution in [-0.2, 0) is 22.9 Å². The molecule has 7 nitrogen and oxygen atoms in total. The summed E-state index contributed by atoms with van der Waals surface area (Å²) in [5.74, 6) is 0. The Balaban J connectivity index is 2.39. The molecule has 2 atom stereocenters. The minimum absolute atomic E-state index is 0.0289. The molecule has 1 aliphatic rings. The SMILES string of the molecule is [C-]#[N+]CCOP(=O)(OCCC#N)OCC1CCCO1. The molecule has 0 aromatic heterocycles. The van der Waals surface area contributed by atoms with E-state index in [1.54, 1.807) is 0 Å². The molecule has 1 saturated heterocycles. The zero-order chi connectivity index (χ0) is 14.0. The highest BCUT2D eigenvalue weighted by Gasteiger charge is 2.29. The zero-order valence-corrected chi connectivity index (χ0v) is 11.5. The van der Waals surface area contributed by atoms with Gasteiger partial charge in [0.15, 0.2) is 0 Å². The summed E-state index contributed by atoms with van der Waals surface area (Å²) < 4.78 is 32.7. The van der Waals surface area contributed by atoms with Crippen LogP contribution in [0.1, 0.15) is 19.3 Å². The maximum Gasteiger partial charge on any atom is 0.475 e. The van der Waals surface area contributed by atoms with Crippen LogP contribution in [0.2, 0.25) is 0 Å². The van der Waals surface area contributed by atoms with Gasteiger partial charge in [0.1, 0.15) is 6.61 Å². The molecule has 0 aliphatic carbocycles. The molecule has 8 heteroatoms. The number of rotatable bonds is 9. The van der Waals surface area contributed by atoms with E-state index < -0.39 is 7.82 Å². The van der Waals surface area contributed by atoms with Crippen LogP contribution >= 0.6 is 7.82 Å². The molecule has 0 saturated carbocycles. The van der Waals surface area contributed by atoms with E-state index in [2.05, 4.69) is 4.85 Å². The van der Waals surface area contributed by atoms with Gasteiger partial charge in [-0.1, -0.05) is 0 Å². The van der Waals surface area contributed by atoms with Crippen molar-refractivity contribution in [3.63, 3.8) is 0 Å². The van der Waals surface area contributed by atoms with Gasteiger partial charge in [0.2, 0.25) is 6.54 Å². The fraction of sp³-hybridized carbons (Fsp3) is 0.818. The van der Waals surface area contributed by atoms with Crippen LogP contribution in [0.25, 0.3) is 4.85 Å². The Kier molecular flexibility index (Phi) is 7.66.